The molecule has 17 nitrogen and oxygen atoms in total. The molecule has 1 saturated carbocycles. The van der Waals surface area contributed by atoms with Gasteiger partial charge in [0, 0.05) is 53.1 Å². The Morgan fingerprint density at radius 2 is 1.63 bits per heavy atom. The minimum atomic E-state index is -3.43. The number of nitrogens with one attached hydrogen (secondary N) is 4. The highest BCUT2D eigenvalue weighted by Crippen LogP contribution is 2.42. The molecule has 0 radical (unpaired) electrons. The van der Waals surface area contributed by atoms with Crippen LogP contribution in [0.1, 0.15) is 100 Å². The number of rotatable bonds is 23. The van der Waals surface area contributed by atoms with Gasteiger partial charge in [0.1, 0.15) is 11.9 Å². The summed E-state index contributed by atoms with van der Waals surface area (Å²) in [7, 11) is 0. The maximum atomic E-state index is 14.3. The number of amides is 3. The Kier molecular flexibility index (Phi) is 18.8. The first-order valence-electron chi connectivity index (χ1n) is 19.9. The summed E-state index contributed by atoms with van der Waals surface area (Å²) in [4.78, 5) is 78.6. The standard InChI is InChI=1S/C39H62F2N6O11S2/c1-36(2,3)22-57-38(7,8)14-11-29(49)43-25(33(53)54)21-60-27-10-9-26(27)59-20-24(46-37(4,5)6)32(52)42-15-12-31(51)56-19-30(50)44-28-13-16-47(35(55)45-28)34-39(40,41)17-23(18-48)58-34/h13,16,23-27,34,46,48H,9-12,14-15,17-22H2,1-8H3,(H,42,52)(H,43,49)(H,53,54)(H,44,45,50,55). The summed E-state index contributed by atoms with van der Waals surface area (Å²) in [6.45, 7) is 14.8. The van der Waals surface area contributed by atoms with E-state index in [1.54, 1.807) is 11.8 Å². The molecule has 2 heterocycles. The maximum Gasteiger partial charge on any atom is 0.351 e. The van der Waals surface area contributed by atoms with Gasteiger partial charge in [-0.05, 0) is 65.4 Å². The van der Waals surface area contributed by atoms with E-state index in [9.17, 15) is 42.7 Å². The third-order valence-electron chi connectivity index (χ3n) is 9.24. The molecule has 0 bridgehead atoms. The molecule has 2 fully saturated rings. The van der Waals surface area contributed by atoms with E-state index in [-0.39, 0.29) is 58.7 Å². The number of aromatic nitrogens is 2. The van der Waals surface area contributed by atoms with Crippen LogP contribution in [-0.4, -0.2) is 133 Å². The van der Waals surface area contributed by atoms with E-state index >= 15 is 0 Å². The molecule has 21 heteroatoms. The predicted molar refractivity (Wildman–Crippen MR) is 223 cm³/mol. The van der Waals surface area contributed by atoms with E-state index in [2.05, 4.69) is 47.0 Å². The second kappa shape index (κ2) is 22.1. The van der Waals surface area contributed by atoms with Crippen molar-refractivity contribution in [2.75, 3.05) is 43.2 Å². The Labute approximate surface area is 358 Å². The minimum absolute atomic E-state index is 0.0257. The second-order valence-electron chi connectivity index (χ2n) is 17.8. The zero-order valence-electron chi connectivity index (χ0n) is 35.6. The van der Waals surface area contributed by atoms with Gasteiger partial charge in [0.05, 0.1) is 37.4 Å². The van der Waals surface area contributed by atoms with Crippen molar-refractivity contribution in [1.82, 2.24) is 25.5 Å². The van der Waals surface area contributed by atoms with Crippen LogP contribution in [0, 0.1) is 5.41 Å². The number of aliphatic hydroxyl groups is 1. The van der Waals surface area contributed by atoms with Crippen LogP contribution in [0.5, 0.6) is 0 Å². The van der Waals surface area contributed by atoms with Crippen molar-refractivity contribution in [1.29, 1.82) is 0 Å². The monoisotopic (exact) mass is 892 g/mol. The van der Waals surface area contributed by atoms with Crippen LogP contribution in [0.4, 0.5) is 14.6 Å². The number of anilines is 1. The van der Waals surface area contributed by atoms with Crippen LogP contribution in [0.15, 0.2) is 17.1 Å². The van der Waals surface area contributed by atoms with Crippen LogP contribution >= 0.6 is 23.5 Å². The molecule has 6 unspecified atom stereocenters. The highest BCUT2D eigenvalue weighted by Gasteiger charge is 2.51. The largest absolute Gasteiger partial charge is 0.480 e. The number of hydrogen-bond acceptors (Lipinski definition) is 14. The lowest BCUT2D eigenvalue weighted by Crippen LogP contribution is -2.53. The fourth-order valence-electron chi connectivity index (χ4n) is 5.89. The van der Waals surface area contributed by atoms with Gasteiger partial charge in [-0.1, -0.05) is 20.8 Å². The molecule has 1 aliphatic carbocycles. The third-order valence-corrected chi connectivity index (χ3v) is 12.4. The Bertz CT molecular complexity index is 1700. The Morgan fingerprint density at radius 3 is 2.17 bits per heavy atom. The number of halogens is 2. The number of esters is 1. The van der Waals surface area contributed by atoms with Gasteiger partial charge in [-0.15, -0.1) is 0 Å². The summed E-state index contributed by atoms with van der Waals surface area (Å²) < 4.78 is 45.2. The molecular formula is C39H62F2N6O11S2. The Morgan fingerprint density at radius 1 is 1.00 bits per heavy atom. The average Bonchev–Trinajstić information content (AvgIpc) is 3.44. The van der Waals surface area contributed by atoms with E-state index in [0.29, 0.717) is 23.3 Å². The first-order valence-corrected chi connectivity index (χ1v) is 22.0. The maximum absolute atomic E-state index is 14.3. The lowest BCUT2D eigenvalue weighted by molar-refractivity contribution is -0.147. The van der Waals surface area contributed by atoms with Crippen LogP contribution in [0.3, 0.4) is 0 Å². The molecule has 1 aromatic heterocycles. The summed E-state index contributed by atoms with van der Waals surface area (Å²) in [5, 5.41) is 30.2. The van der Waals surface area contributed by atoms with Crippen molar-refractivity contribution >= 4 is 59.0 Å². The van der Waals surface area contributed by atoms with Gasteiger partial charge in [-0.3, -0.25) is 23.7 Å². The lowest BCUT2D eigenvalue weighted by atomic mass is 9.96. The smallest absolute Gasteiger partial charge is 0.351 e. The zero-order chi connectivity index (χ0) is 45.1. The summed E-state index contributed by atoms with van der Waals surface area (Å²) in [5.41, 5.74) is -2.12. The number of aliphatic hydroxyl groups excluding tert-OH is 1. The number of carboxylic acids is 1. The van der Waals surface area contributed by atoms with E-state index < -0.39 is 84.6 Å². The molecule has 340 valence electrons. The predicted octanol–water partition coefficient (Wildman–Crippen LogP) is 3.09. The van der Waals surface area contributed by atoms with Gasteiger partial charge < -0.3 is 45.7 Å². The number of thioether (sulfide) groups is 2. The van der Waals surface area contributed by atoms with Gasteiger partial charge >= 0.3 is 17.6 Å². The van der Waals surface area contributed by atoms with E-state index in [1.807, 2.05) is 34.6 Å². The van der Waals surface area contributed by atoms with Crippen molar-refractivity contribution in [2.45, 2.75) is 146 Å². The molecule has 60 heavy (non-hydrogen) atoms. The van der Waals surface area contributed by atoms with Crippen LogP contribution in [0.25, 0.3) is 0 Å². The highest BCUT2D eigenvalue weighted by molar-refractivity contribution is 8.04. The molecular weight excluding hydrogens is 831 g/mol. The fraction of sp³-hybridized carbons (Fsp3) is 0.769. The van der Waals surface area contributed by atoms with Crippen molar-refractivity contribution in [3.05, 3.63) is 22.7 Å². The number of alkyl halides is 2. The summed E-state index contributed by atoms with van der Waals surface area (Å²) in [6, 6.07) is -0.579. The molecule has 3 rings (SSSR count). The van der Waals surface area contributed by atoms with Crippen molar-refractivity contribution in [2.24, 2.45) is 5.41 Å². The molecule has 0 aromatic carbocycles. The first kappa shape index (κ1) is 51.0. The number of ether oxygens (including phenoxy) is 3. The second-order valence-corrected chi connectivity index (χ2v) is 20.4. The van der Waals surface area contributed by atoms with Gasteiger partial charge in [-0.2, -0.15) is 28.5 Å². The summed E-state index contributed by atoms with van der Waals surface area (Å²) in [5.74, 6) is -6.54. The number of carboxylic acid groups (broad SMARTS) is 1. The van der Waals surface area contributed by atoms with E-state index in [1.165, 1.54) is 11.8 Å². The van der Waals surface area contributed by atoms with Crippen molar-refractivity contribution in [3.63, 3.8) is 0 Å². The molecule has 0 spiro atoms. The number of aliphatic carboxylic acids is 1. The SMILES string of the molecule is CC(C)(C)COC(C)(C)CCC(=O)NC(CSC1CCC1SCC(NC(C)(C)C)C(=O)NCCC(=O)OCC(=O)Nc1ccn(C2OC(CO)CC2(F)F)c(=O)n1)C(=O)O. The lowest BCUT2D eigenvalue weighted by Gasteiger charge is -2.37. The number of hydrogen-bond donors (Lipinski definition) is 6. The van der Waals surface area contributed by atoms with Crippen molar-refractivity contribution in [3.8, 4) is 0 Å². The topological polar surface area (TPSA) is 237 Å². The molecule has 3 amide bonds. The average molecular weight is 893 g/mol. The highest BCUT2D eigenvalue weighted by atomic mass is 32.2. The Hall–Kier alpha value is -3.37. The van der Waals surface area contributed by atoms with Crippen LogP contribution in [0.2, 0.25) is 0 Å². The number of nitrogens with zero attached hydrogens (tertiary/aromatic N) is 2. The number of carbonyl (C=O) groups is 5. The van der Waals surface area contributed by atoms with Gasteiger partial charge in [0.2, 0.25) is 18.0 Å². The van der Waals surface area contributed by atoms with Crippen molar-refractivity contribution < 1.29 is 57.2 Å². The molecule has 1 aromatic rings. The van der Waals surface area contributed by atoms with Crippen LogP contribution < -0.4 is 27.0 Å². The number of carbonyl (C=O) groups excluding carboxylic acids is 4. The normalized spacial score (nSPS) is 21.3. The quantitative estimate of drug-likeness (QED) is 0.0867. The zero-order valence-corrected chi connectivity index (χ0v) is 37.3. The third kappa shape index (κ3) is 17.5. The summed E-state index contributed by atoms with van der Waals surface area (Å²) >= 11 is 3.09. The van der Waals surface area contributed by atoms with Gasteiger partial charge in [0.15, 0.2) is 6.61 Å². The van der Waals surface area contributed by atoms with Gasteiger partial charge in [0.25, 0.3) is 11.8 Å². The van der Waals surface area contributed by atoms with Gasteiger partial charge in [-0.25, -0.2) is 18.4 Å². The minimum Gasteiger partial charge on any atom is -0.480 e. The first-order chi connectivity index (χ1) is 27.8. The molecule has 1 saturated heterocycles. The molecule has 6 atom stereocenters. The van der Waals surface area contributed by atoms with E-state index in [4.69, 9.17) is 19.3 Å². The molecule has 6 N–H and O–H groups in total. The van der Waals surface area contributed by atoms with E-state index in [0.717, 1.165) is 25.1 Å². The molecule has 2 aliphatic rings. The summed E-state index contributed by atoms with van der Waals surface area (Å²) in [6.07, 6.45) is -0.845. The fourth-order valence-corrected chi connectivity index (χ4v) is 9.00. The molecule has 1 aliphatic heterocycles. The Balaban J connectivity index is 1.40. The van der Waals surface area contributed by atoms with Crippen LogP contribution in [-0.2, 0) is 38.2 Å².